The maximum atomic E-state index is 5.61. The molecule has 0 aromatic carbocycles. The Balaban J connectivity index is 3.16. The van der Waals surface area contributed by atoms with Crippen LogP contribution in [0, 0.1) is 0 Å². The van der Waals surface area contributed by atoms with Crippen molar-refractivity contribution in [2.24, 2.45) is 0 Å². The number of nitrogens with two attached hydrogens (primary N) is 1. The first-order valence-corrected chi connectivity index (χ1v) is 5.23. The van der Waals surface area contributed by atoms with Gasteiger partial charge in [0.1, 0.15) is 0 Å². The number of allylic oxidation sites excluding steroid dienone is 5. The van der Waals surface area contributed by atoms with E-state index in [-0.39, 0.29) is 0 Å². The van der Waals surface area contributed by atoms with Crippen LogP contribution in [-0.2, 0) is 0 Å². The first-order chi connectivity index (χ1) is 7.49. The molecule has 2 N–H and O–H groups in total. The normalized spacial score (nSPS) is 11.1. The van der Waals surface area contributed by atoms with Gasteiger partial charge in [0.2, 0.25) is 0 Å². The summed E-state index contributed by atoms with van der Waals surface area (Å²) < 4.78 is 0. The van der Waals surface area contributed by atoms with Crippen molar-refractivity contribution in [3.8, 4) is 0 Å². The van der Waals surface area contributed by atoms with E-state index in [0.29, 0.717) is 5.69 Å². The van der Waals surface area contributed by atoms with Gasteiger partial charge in [-0.3, -0.25) is 4.98 Å². The molecule has 2 heteroatoms. The van der Waals surface area contributed by atoms with Gasteiger partial charge in [-0.2, -0.15) is 0 Å². The second kappa shape index (κ2) is 5.31. The van der Waals surface area contributed by atoms with Gasteiger partial charge in [-0.05, 0) is 32.9 Å². The molecule has 0 radical (unpaired) electrons. The molecule has 0 amide bonds. The molecule has 0 saturated heterocycles. The third-order valence-corrected chi connectivity index (χ3v) is 1.93. The van der Waals surface area contributed by atoms with E-state index in [4.69, 9.17) is 5.73 Å². The van der Waals surface area contributed by atoms with Crippen molar-refractivity contribution in [3.63, 3.8) is 0 Å². The molecule has 0 aliphatic rings. The number of hydrogen-bond donors (Lipinski definition) is 1. The van der Waals surface area contributed by atoms with E-state index >= 15 is 0 Å². The molecule has 2 nitrogen and oxygen atoms in total. The summed E-state index contributed by atoms with van der Waals surface area (Å²) in [4.78, 5) is 4.31. The van der Waals surface area contributed by atoms with Crippen LogP contribution in [0.2, 0.25) is 0 Å². The van der Waals surface area contributed by atoms with Crippen LogP contribution < -0.4 is 5.73 Å². The summed E-state index contributed by atoms with van der Waals surface area (Å²) in [5.41, 5.74) is 10.5. The second-order valence-corrected chi connectivity index (χ2v) is 4.14. The highest BCUT2D eigenvalue weighted by Crippen LogP contribution is 2.18. The highest BCUT2D eigenvalue weighted by atomic mass is 14.7. The minimum atomic E-state index is 0.677. The van der Waals surface area contributed by atoms with Gasteiger partial charge in [-0.15, -0.1) is 0 Å². The predicted octanol–water partition coefficient (Wildman–Crippen LogP) is 3.59. The van der Waals surface area contributed by atoms with Crippen molar-refractivity contribution in [2.45, 2.75) is 20.8 Å². The van der Waals surface area contributed by atoms with Crippen molar-refractivity contribution in [1.29, 1.82) is 0 Å². The smallest absolute Gasteiger partial charge is 0.0703 e. The van der Waals surface area contributed by atoms with Crippen LogP contribution in [0.15, 0.2) is 48.2 Å². The fourth-order valence-electron chi connectivity index (χ4n) is 1.34. The molecule has 1 aromatic heterocycles. The third kappa shape index (κ3) is 3.73. The lowest BCUT2D eigenvalue weighted by molar-refractivity contribution is 1.27. The van der Waals surface area contributed by atoms with E-state index in [2.05, 4.69) is 31.5 Å². The van der Waals surface area contributed by atoms with Crippen molar-refractivity contribution in [3.05, 3.63) is 53.9 Å². The van der Waals surface area contributed by atoms with E-state index in [1.807, 2.05) is 25.1 Å². The fourth-order valence-corrected chi connectivity index (χ4v) is 1.34. The molecule has 0 unspecified atom stereocenters. The highest BCUT2D eigenvalue weighted by molar-refractivity contribution is 5.74. The number of aromatic nitrogens is 1. The highest BCUT2D eigenvalue weighted by Gasteiger charge is 2.00. The third-order valence-electron chi connectivity index (χ3n) is 1.93. The Kier molecular flexibility index (Phi) is 4.06. The molecule has 0 fully saturated rings. The second-order valence-electron chi connectivity index (χ2n) is 4.14. The first kappa shape index (κ1) is 12.2. The summed E-state index contributed by atoms with van der Waals surface area (Å²) in [7, 11) is 0. The molecule has 1 aromatic rings. The zero-order valence-electron chi connectivity index (χ0n) is 10.1. The van der Waals surface area contributed by atoms with Gasteiger partial charge in [-0.1, -0.05) is 29.9 Å². The molecule has 1 heterocycles. The van der Waals surface area contributed by atoms with Crippen molar-refractivity contribution in [1.82, 2.24) is 4.98 Å². The Morgan fingerprint density at radius 3 is 2.38 bits per heavy atom. The summed E-state index contributed by atoms with van der Waals surface area (Å²) in [5.74, 6) is 0. The molecular formula is C14H18N2. The van der Waals surface area contributed by atoms with E-state index in [1.165, 1.54) is 5.57 Å². The van der Waals surface area contributed by atoms with Gasteiger partial charge >= 0.3 is 0 Å². The summed E-state index contributed by atoms with van der Waals surface area (Å²) in [6, 6.07) is 3.77. The van der Waals surface area contributed by atoms with Crippen molar-refractivity contribution >= 4 is 11.3 Å². The standard InChI is InChI=1S/C14H18N2/c1-10(2)7-12(8-11(3)4)14-6-5-13(15)9-16-14/h5-9H,1,15H2,2-4H3/b12-7+. The maximum absolute atomic E-state index is 5.61. The monoisotopic (exact) mass is 214 g/mol. The van der Waals surface area contributed by atoms with Gasteiger partial charge in [-0.25, -0.2) is 0 Å². The Labute approximate surface area is 97.2 Å². The van der Waals surface area contributed by atoms with Crippen molar-refractivity contribution < 1.29 is 0 Å². The summed E-state index contributed by atoms with van der Waals surface area (Å²) in [6.07, 6.45) is 5.78. The molecular weight excluding hydrogens is 196 g/mol. The van der Waals surface area contributed by atoms with Crippen LogP contribution >= 0.6 is 0 Å². The number of rotatable bonds is 3. The van der Waals surface area contributed by atoms with E-state index < -0.39 is 0 Å². The lowest BCUT2D eigenvalue weighted by atomic mass is 10.1. The average Bonchev–Trinajstić information content (AvgIpc) is 2.16. The van der Waals surface area contributed by atoms with Gasteiger partial charge in [0.05, 0.1) is 17.6 Å². The van der Waals surface area contributed by atoms with Gasteiger partial charge in [0.25, 0.3) is 0 Å². The zero-order chi connectivity index (χ0) is 12.1. The predicted molar refractivity (Wildman–Crippen MR) is 70.9 cm³/mol. The molecule has 84 valence electrons. The minimum absolute atomic E-state index is 0.677. The zero-order valence-corrected chi connectivity index (χ0v) is 10.1. The minimum Gasteiger partial charge on any atom is -0.397 e. The molecule has 0 aliphatic heterocycles. The van der Waals surface area contributed by atoms with Crippen LogP contribution in [0.1, 0.15) is 26.5 Å². The SMILES string of the molecule is C=C(C)/C=C(\C=C(C)C)c1ccc(N)cn1. The lowest BCUT2D eigenvalue weighted by Gasteiger charge is -2.04. The Morgan fingerprint density at radius 2 is 1.94 bits per heavy atom. The number of nitrogen functional groups attached to an aromatic ring is 1. The Hall–Kier alpha value is -1.83. The Morgan fingerprint density at radius 1 is 1.25 bits per heavy atom. The van der Waals surface area contributed by atoms with Crippen LogP contribution in [0.4, 0.5) is 5.69 Å². The Bertz CT molecular complexity index is 432. The van der Waals surface area contributed by atoms with Gasteiger partial charge in [0.15, 0.2) is 0 Å². The van der Waals surface area contributed by atoms with Gasteiger partial charge < -0.3 is 5.73 Å². The molecule has 0 bridgehead atoms. The molecule has 0 saturated carbocycles. The molecule has 0 aliphatic carbocycles. The summed E-state index contributed by atoms with van der Waals surface area (Å²) in [6.45, 7) is 9.97. The van der Waals surface area contributed by atoms with Crippen LogP contribution in [0.25, 0.3) is 5.57 Å². The number of anilines is 1. The van der Waals surface area contributed by atoms with E-state index in [1.54, 1.807) is 6.20 Å². The molecule has 0 spiro atoms. The topological polar surface area (TPSA) is 38.9 Å². The average molecular weight is 214 g/mol. The fraction of sp³-hybridized carbons (Fsp3) is 0.214. The first-order valence-electron chi connectivity index (χ1n) is 5.23. The molecule has 1 rings (SSSR count). The molecule has 16 heavy (non-hydrogen) atoms. The summed E-state index contributed by atoms with van der Waals surface area (Å²) in [5, 5.41) is 0. The van der Waals surface area contributed by atoms with Gasteiger partial charge in [0, 0.05) is 5.57 Å². The quantitative estimate of drug-likeness (QED) is 0.781. The number of hydrogen-bond acceptors (Lipinski definition) is 2. The lowest BCUT2D eigenvalue weighted by Crippen LogP contribution is -1.91. The number of nitrogens with zero attached hydrogens (tertiary/aromatic N) is 1. The van der Waals surface area contributed by atoms with E-state index in [9.17, 15) is 0 Å². The largest absolute Gasteiger partial charge is 0.397 e. The number of pyridine rings is 1. The van der Waals surface area contributed by atoms with Crippen molar-refractivity contribution in [2.75, 3.05) is 5.73 Å². The van der Waals surface area contributed by atoms with Crippen LogP contribution in [-0.4, -0.2) is 4.98 Å². The van der Waals surface area contributed by atoms with Crippen LogP contribution in [0.3, 0.4) is 0 Å². The maximum Gasteiger partial charge on any atom is 0.0703 e. The van der Waals surface area contributed by atoms with Crippen LogP contribution in [0.5, 0.6) is 0 Å². The summed E-state index contributed by atoms with van der Waals surface area (Å²) >= 11 is 0. The molecule has 0 atom stereocenters. The van der Waals surface area contributed by atoms with E-state index in [0.717, 1.165) is 16.8 Å².